The van der Waals surface area contributed by atoms with E-state index in [-0.39, 0.29) is 17.2 Å². The van der Waals surface area contributed by atoms with Crippen molar-refractivity contribution in [2.45, 2.75) is 6.92 Å². The van der Waals surface area contributed by atoms with Crippen LogP contribution in [0.2, 0.25) is 0 Å². The van der Waals surface area contributed by atoms with Crippen molar-refractivity contribution in [3.05, 3.63) is 64.6 Å². The second-order valence-electron chi connectivity index (χ2n) is 5.16. The van der Waals surface area contributed by atoms with E-state index in [1.807, 2.05) is 0 Å². The van der Waals surface area contributed by atoms with E-state index in [2.05, 4.69) is 20.8 Å². The van der Waals surface area contributed by atoms with Gasteiger partial charge < -0.3 is 10.6 Å². The molecular weight excluding hydrogens is 308 g/mol. The molecule has 0 aliphatic heterocycles. The van der Waals surface area contributed by atoms with Crippen LogP contribution in [0.3, 0.4) is 0 Å². The van der Waals surface area contributed by atoms with E-state index >= 15 is 0 Å². The summed E-state index contributed by atoms with van der Waals surface area (Å²) in [7, 11) is 0. The minimum absolute atomic E-state index is 0.135. The van der Waals surface area contributed by atoms with Crippen LogP contribution in [0.1, 0.15) is 17.4 Å². The molecule has 1 heterocycles. The lowest BCUT2D eigenvalue weighted by molar-refractivity contribution is -0.114. The molecule has 0 spiro atoms. The van der Waals surface area contributed by atoms with Crippen molar-refractivity contribution in [3.63, 3.8) is 0 Å². The van der Waals surface area contributed by atoms with Crippen LogP contribution in [0, 0.1) is 0 Å². The van der Waals surface area contributed by atoms with E-state index in [1.165, 1.54) is 6.92 Å². The Morgan fingerprint density at radius 2 is 1.50 bits per heavy atom. The molecule has 0 bridgehead atoms. The Morgan fingerprint density at radius 3 is 2.12 bits per heavy atom. The smallest absolute Gasteiger partial charge is 0.276 e. The number of amides is 2. The number of rotatable bonds is 3. The van der Waals surface area contributed by atoms with E-state index in [0.717, 1.165) is 0 Å². The first-order chi connectivity index (χ1) is 11.5. The van der Waals surface area contributed by atoms with E-state index in [1.54, 1.807) is 48.5 Å². The third-order valence-electron chi connectivity index (χ3n) is 3.37. The van der Waals surface area contributed by atoms with Gasteiger partial charge in [0.2, 0.25) is 5.91 Å². The molecule has 0 aliphatic rings. The molecule has 24 heavy (non-hydrogen) atoms. The predicted octanol–water partition coefficient (Wildman–Crippen LogP) is 2.13. The third-order valence-corrected chi connectivity index (χ3v) is 3.37. The summed E-state index contributed by atoms with van der Waals surface area (Å²) < 4.78 is 0. The molecule has 0 fully saturated rings. The number of hydrogen-bond donors (Lipinski definition) is 3. The zero-order valence-corrected chi connectivity index (χ0v) is 12.8. The largest absolute Gasteiger partial charge is 0.326 e. The first kappa shape index (κ1) is 15.4. The summed E-state index contributed by atoms with van der Waals surface area (Å²) in [5.41, 5.74) is 0.970. The van der Waals surface area contributed by atoms with E-state index < -0.39 is 5.91 Å². The topological polar surface area (TPSA) is 104 Å². The Kier molecular flexibility index (Phi) is 4.07. The Morgan fingerprint density at radius 1 is 0.917 bits per heavy atom. The normalized spacial score (nSPS) is 10.4. The predicted molar refractivity (Wildman–Crippen MR) is 91.1 cm³/mol. The lowest BCUT2D eigenvalue weighted by atomic mass is 10.1. The molecule has 120 valence electrons. The Labute approximate surface area is 136 Å². The Hall–Kier alpha value is -3.48. The number of aromatic nitrogens is 2. The molecular formula is C17H14N4O3. The van der Waals surface area contributed by atoms with Crippen molar-refractivity contribution >= 4 is 34.0 Å². The van der Waals surface area contributed by atoms with Gasteiger partial charge in [0.25, 0.3) is 11.5 Å². The Bertz CT molecular complexity index is 977. The summed E-state index contributed by atoms with van der Waals surface area (Å²) in [5, 5.41) is 12.4. The van der Waals surface area contributed by atoms with Gasteiger partial charge in [-0.15, -0.1) is 0 Å². The first-order valence-electron chi connectivity index (χ1n) is 7.21. The lowest BCUT2D eigenvalue weighted by Gasteiger charge is -2.08. The molecule has 3 aromatic rings. The number of hydrogen-bond acceptors (Lipinski definition) is 4. The summed E-state index contributed by atoms with van der Waals surface area (Å²) in [6.45, 7) is 1.42. The van der Waals surface area contributed by atoms with Crippen molar-refractivity contribution in [3.8, 4) is 0 Å². The average molecular weight is 322 g/mol. The van der Waals surface area contributed by atoms with Crippen LogP contribution in [0.5, 0.6) is 0 Å². The molecule has 7 heteroatoms. The molecule has 2 amide bonds. The minimum Gasteiger partial charge on any atom is -0.326 e. The van der Waals surface area contributed by atoms with Crippen LogP contribution < -0.4 is 16.2 Å². The standard InChI is InChI=1S/C17H14N4O3/c1-10(22)18-11-6-8-12(9-7-11)19-17(24)15-13-4-2-3-5-14(13)16(23)21-20-15/h2-9H,1H3,(H,18,22)(H,19,24)(H,21,23). The quantitative estimate of drug-likeness (QED) is 0.687. The van der Waals surface area contributed by atoms with E-state index in [9.17, 15) is 14.4 Å². The van der Waals surface area contributed by atoms with Gasteiger partial charge in [0, 0.05) is 23.7 Å². The molecule has 0 unspecified atom stereocenters. The molecule has 7 nitrogen and oxygen atoms in total. The molecule has 3 rings (SSSR count). The fourth-order valence-corrected chi connectivity index (χ4v) is 2.32. The summed E-state index contributed by atoms with van der Waals surface area (Å²) in [6, 6.07) is 13.4. The summed E-state index contributed by atoms with van der Waals surface area (Å²) >= 11 is 0. The minimum atomic E-state index is -0.435. The van der Waals surface area contributed by atoms with Gasteiger partial charge in [-0.1, -0.05) is 18.2 Å². The lowest BCUT2D eigenvalue weighted by Crippen LogP contribution is -2.19. The van der Waals surface area contributed by atoms with Gasteiger partial charge in [-0.25, -0.2) is 5.10 Å². The van der Waals surface area contributed by atoms with Crippen LogP contribution in [-0.2, 0) is 4.79 Å². The first-order valence-corrected chi connectivity index (χ1v) is 7.21. The number of H-pyrrole nitrogens is 1. The molecule has 0 radical (unpaired) electrons. The highest BCUT2D eigenvalue weighted by molar-refractivity contribution is 6.11. The van der Waals surface area contributed by atoms with Gasteiger partial charge >= 0.3 is 0 Å². The number of anilines is 2. The van der Waals surface area contributed by atoms with Gasteiger partial charge in [-0.2, -0.15) is 5.10 Å². The van der Waals surface area contributed by atoms with Crippen molar-refractivity contribution < 1.29 is 9.59 Å². The molecule has 2 aromatic carbocycles. The average Bonchev–Trinajstić information content (AvgIpc) is 2.57. The second kappa shape index (κ2) is 6.33. The highest BCUT2D eigenvalue weighted by Gasteiger charge is 2.14. The highest BCUT2D eigenvalue weighted by Crippen LogP contribution is 2.17. The number of aromatic amines is 1. The maximum atomic E-state index is 12.4. The van der Waals surface area contributed by atoms with Crippen molar-refractivity contribution in [2.24, 2.45) is 0 Å². The number of carbonyl (C=O) groups excluding carboxylic acids is 2. The van der Waals surface area contributed by atoms with Gasteiger partial charge in [0.15, 0.2) is 5.69 Å². The number of nitrogens with zero attached hydrogens (tertiary/aromatic N) is 1. The molecule has 0 saturated carbocycles. The van der Waals surface area contributed by atoms with Crippen molar-refractivity contribution in [1.82, 2.24) is 10.2 Å². The monoisotopic (exact) mass is 322 g/mol. The van der Waals surface area contributed by atoms with E-state index in [4.69, 9.17) is 0 Å². The van der Waals surface area contributed by atoms with Crippen molar-refractivity contribution in [1.29, 1.82) is 0 Å². The Balaban J connectivity index is 1.87. The summed E-state index contributed by atoms with van der Waals surface area (Å²) in [6.07, 6.45) is 0. The van der Waals surface area contributed by atoms with Gasteiger partial charge in [-0.05, 0) is 30.3 Å². The molecule has 3 N–H and O–H groups in total. The van der Waals surface area contributed by atoms with Crippen LogP contribution in [-0.4, -0.2) is 22.0 Å². The highest BCUT2D eigenvalue weighted by atomic mass is 16.2. The molecule has 0 aliphatic carbocycles. The number of benzene rings is 2. The third kappa shape index (κ3) is 3.14. The fraction of sp³-hybridized carbons (Fsp3) is 0.0588. The molecule has 0 saturated heterocycles. The maximum Gasteiger partial charge on any atom is 0.276 e. The zero-order valence-electron chi connectivity index (χ0n) is 12.8. The SMILES string of the molecule is CC(=O)Nc1ccc(NC(=O)c2n[nH]c(=O)c3ccccc23)cc1. The van der Waals surface area contributed by atoms with Gasteiger partial charge in [0.05, 0.1) is 5.39 Å². The zero-order chi connectivity index (χ0) is 17.1. The van der Waals surface area contributed by atoms with Crippen LogP contribution in [0.25, 0.3) is 10.8 Å². The maximum absolute atomic E-state index is 12.4. The fourth-order valence-electron chi connectivity index (χ4n) is 2.32. The van der Waals surface area contributed by atoms with Gasteiger partial charge in [-0.3, -0.25) is 14.4 Å². The second-order valence-corrected chi connectivity index (χ2v) is 5.16. The molecule has 0 atom stereocenters. The van der Waals surface area contributed by atoms with Crippen LogP contribution in [0.4, 0.5) is 11.4 Å². The summed E-state index contributed by atoms with van der Waals surface area (Å²) in [5.74, 6) is -0.606. The number of fused-ring (bicyclic) bond motifs is 1. The van der Waals surface area contributed by atoms with Crippen LogP contribution in [0.15, 0.2) is 53.3 Å². The summed E-state index contributed by atoms with van der Waals surface area (Å²) in [4.78, 5) is 35.2. The van der Waals surface area contributed by atoms with Gasteiger partial charge in [0.1, 0.15) is 0 Å². The molecule has 1 aromatic heterocycles. The van der Waals surface area contributed by atoms with E-state index in [0.29, 0.717) is 22.1 Å². The van der Waals surface area contributed by atoms with Crippen molar-refractivity contribution in [2.75, 3.05) is 10.6 Å². The number of nitrogens with one attached hydrogen (secondary N) is 3. The van der Waals surface area contributed by atoms with Crippen LogP contribution >= 0.6 is 0 Å². The number of carbonyl (C=O) groups is 2.